The molecule has 0 saturated heterocycles. The first-order chi connectivity index (χ1) is 18.1. The molecule has 0 aliphatic rings. The predicted octanol–water partition coefficient (Wildman–Crippen LogP) is 8.20. The first kappa shape index (κ1) is 33.5. The Morgan fingerprint density at radius 3 is 1.88 bits per heavy atom. The van der Waals surface area contributed by atoms with E-state index in [0.29, 0.717) is 31.2 Å². The zero-order valence-electron chi connectivity index (χ0n) is 19.6. The standard InChI is InChI=1S/C23H15Cl3F10N2O2/c1-8(20(40)38-7-21(28,29)30)16-10(2-3-11(19(37)39)17(16)23(34,35)36)15(27)6-12(22(31,32)33)9-4-13(24)18(26)14(25)5-9/h2-6,8,12H,7H2,1H3,(H2,37,39)(H,38,40)/b15-6+/t8-,12?/m1/s1. The van der Waals surface area contributed by atoms with Gasteiger partial charge in [-0.15, -0.1) is 0 Å². The minimum atomic E-state index is -5.56. The van der Waals surface area contributed by atoms with E-state index in [-0.39, 0.29) is 11.1 Å². The first-order valence-electron chi connectivity index (χ1n) is 10.5. The van der Waals surface area contributed by atoms with Gasteiger partial charge in [0.05, 0.1) is 32.1 Å². The maximum atomic E-state index is 15.5. The van der Waals surface area contributed by atoms with Gasteiger partial charge in [0.15, 0.2) is 0 Å². The monoisotopic (exact) mass is 646 g/mol. The fourth-order valence-electron chi connectivity index (χ4n) is 3.63. The second-order valence-corrected chi connectivity index (χ2v) is 9.39. The second kappa shape index (κ2) is 12.0. The van der Waals surface area contributed by atoms with Gasteiger partial charge in [-0.1, -0.05) is 40.9 Å². The number of rotatable bonds is 7. The number of halogens is 13. The molecule has 0 fully saturated rings. The van der Waals surface area contributed by atoms with E-state index in [1.165, 1.54) is 5.32 Å². The van der Waals surface area contributed by atoms with Crippen LogP contribution in [0.5, 0.6) is 0 Å². The van der Waals surface area contributed by atoms with Gasteiger partial charge in [0.1, 0.15) is 18.3 Å². The number of hydrogen-bond acceptors (Lipinski definition) is 2. The molecular weight excluding hydrogens is 633 g/mol. The second-order valence-electron chi connectivity index (χ2n) is 8.20. The van der Waals surface area contributed by atoms with Gasteiger partial charge >= 0.3 is 18.5 Å². The molecule has 220 valence electrons. The van der Waals surface area contributed by atoms with Crippen molar-refractivity contribution in [3.63, 3.8) is 0 Å². The minimum Gasteiger partial charge on any atom is -0.366 e. The molecule has 0 saturated carbocycles. The van der Waals surface area contributed by atoms with Crippen LogP contribution in [-0.4, -0.2) is 30.7 Å². The Hall–Kier alpha value is -2.71. The van der Waals surface area contributed by atoms with Gasteiger partial charge < -0.3 is 11.1 Å². The van der Waals surface area contributed by atoms with Gasteiger partial charge in [0.2, 0.25) is 11.8 Å². The zero-order chi connectivity index (χ0) is 31.0. The number of hydrogen-bond donors (Lipinski definition) is 2. The van der Waals surface area contributed by atoms with E-state index in [0.717, 1.165) is 0 Å². The van der Waals surface area contributed by atoms with E-state index < -0.39 is 92.4 Å². The average Bonchev–Trinajstić information content (AvgIpc) is 2.80. The first-order valence-corrected chi connectivity index (χ1v) is 11.7. The third-order valence-corrected chi connectivity index (χ3v) is 6.57. The van der Waals surface area contributed by atoms with E-state index in [2.05, 4.69) is 0 Å². The van der Waals surface area contributed by atoms with Crippen LogP contribution in [0.25, 0.3) is 5.83 Å². The molecule has 2 aromatic carbocycles. The Morgan fingerprint density at radius 2 is 1.45 bits per heavy atom. The van der Waals surface area contributed by atoms with E-state index in [4.69, 9.17) is 40.5 Å². The SMILES string of the molecule is C[C@@H](C(=O)NCC(F)(F)F)c1c(/C(F)=C\C(c2cc(Cl)c(Cl)c(Cl)c2)C(F)(F)F)ccc(C(N)=O)c1C(F)(F)F. The minimum absolute atomic E-state index is 0.154. The maximum absolute atomic E-state index is 15.5. The van der Waals surface area contributed by atoms with Crippen LogP contribution in [0.3, 0.4) is 0 Å². The fourth-order valence-corrected chi connectivity index (χ4v) is 4.24. The lowest BCUT2D eigenvalue weighted by Gasteiger charge is -2.24. The molecule has 2 amide bonds. The Balaban J connectivity index is 2.87. The molecule has 2 atom stereocenters. The molecule has 17 heteroatoms. The number of carbonyl (C=O) groups excluding carboxylic acids is 2. The lowest BCUT2D eigenvalue weighted by molar-refractivity contribution is -0.141. The molecule has 0 heterocycles. The molecule has 40 heavy (non-hydrogen) atoms. The van der Waals surface area contributed by atoms with Gasteiger partial charge in [-0.3, -0.25) is 9.59 Å². The van der Waals surface area contributed by atoms with Crippen molar-refractivity contribution >= 4 is 52.4 Å². The van der Waals surface area contributed by atoms with Crippen molar-refractivity contribution in [1.29, 1.82) is 0 Å². The number of carbonyl (C=O) groups is 2. The molecule has 0 radical (unpaired) electrons. The van der Waals surface area contributed by atoms with Crippen LogP contribution in [-0.2, 0) is 11.0 Å². The smallest absolute Gasteiger partial charge is 0.366 e. The van der Waals surface area contributed by atoms with E-state index >= 15 is 4.39 Å². The van der Waals surface area contributed by atoms with Crippen LogP contribution < -0.4 is 11.1 Å². The van der Waals surface area contributed by atoms with Crippen LogP contribution >= 0.6 is 34.8 Å². The van der Waals surface area contributed by atoms with Crippen molar-refractivity contribution in [2.75, 3.05) is 6.54 Å². The largest absolute Gasteiger partial charge is 0.417 e. The van der Waals surface area contributed by atoms with Crippen molar-refractivity contribution in [3.05, 3.63) is 73.2 Å². The predicted molar refractivity (Wildman–Crippen MR) is 127 cm³/mol. The molecule has 2 rings (SSSR count). The number of nitrogens with one attached hydrogen (secondary N) is 1. The summed E-state index contributed by atoms with van der Waals surface area (Å²) >= 11 is 17.2. The fraction of sp³-hybridized carbons (Fsp3) is 0.304. The highest BCUT2D eigenvalue weighted by molar-refractivity contribution is 6.48. The summed E-state index contributed by atoms with van der Waals surface area (Å²) in [7, 11) is 0. The van der Waals surface area contributed by atoms with Crippen LogP contribution in [0.15, 0.2) is 30.3 Å². The van der Waals surface area contributed by atoms with E-state index in [1.807, 2.05) is 0 Å². The summed E-state index contributed by atoms with van der Waals surface area (Å²) in [6.45, 7) is -1.35. The molecule has 3 N–H and O–H groups in total. The normalized spacial score (nSPS) is 14.6. The summed E-state index contributed by atoms with van der Waals surface area (Å²) in [6.07, 6.45) is -16.0. The number of nitrogens with two attached hydrogens (primary N) is 1. The zero-order valence-corrected chi connectivity index (χ0v) is 21.8. The number of primary amides is 1. The third kappa shape index (κ3) is 7.94. The van der Waals surface area contributed by atoms with Crippen LogP contribution in [0, 0.1) is 0 Å². The number of benzene rings is 2. The average molecular weight is 648 g/mol. The molecule has 0 bridgehead atoms. The number of allylic oxidation sites excluding steroid dienone is 1. The van der Waals surface area contributed by atoms with Gasteiger partial charge in [0.25, 0.3) is 0 Å². The molecule has 1 unspecified atom stereocenters. The lowest BCUT2D eigenvalue weighted by Crippen LogP contribution is -2.37. The van der Waals surface area contributed by atoms with Crippen LogP contribution in [0.2, 0.25) is 15.1 Å². The van der Waals surface area contributed by atoms with E-state index in [1.54, 1.807) is 0 Å². The lowest BCUT2D eigenvalue weighted by atomic mass is 9.85. The van der Waals surface area contributed by atoms with Crippen molar-refractivity contribution in [1.82, 2.24) is 5.32 Å². The molecule has 0 aromatic heterocycles. The summed E-state index contributed by atoms with van der Waals surface area (Å²) in [5.41, 5.74) is -1.82. The summed E-state index contributed by atoms with van der Waals surface area (Å²) < 4.78 is 137. The highest BCUT2D eigenvalue weighted by Gasteiger charge is 2.43. The van der Waals surface area contributed by atoms with Gasteiger partial charge in [-0.2, -0.15) is 39.5 Å². The molecule has 2 aromatic rings. The summed E-state index contributed by atoms with van der Waals surface area (Å²) in [6, 6.07) is 2.17. The number of amides is 2. The van der Waals surface area contributed by atoms with E-state index in [9.17, 15) is 49.1 Å². The topological polar surface area (TPSA) is 72.2 Å². The van der Waals surface area contributed by atoms with Gasteiger partial charge in [0, 0.05) is 5.56 Å². The maximum Gasteiger partial charge on any atom is 0.417 e. The van der Waals surface area contributed by atoms with Crippen molar-refractivity contribution in [2.45, 2.75) is 37.3 Å². The quantitative estimate of drug-likeness (QED) is 0.235. The molecule has 0 spiro atoms. The Bertz CT molecular complexity index is 1310. The highest BCUT2D eigenvalue weighted by Crippen LogP contribution is 2.45. The summed E-state index contributed by atoms with van der Waals surface area (Å²) in [5.74, 6) is -10.5. The highest BCUT2D eigenvalue weighted by atomic mass is 35.5. The summed E-state index contributed by atoms with van der Waals surface area (Å²) in [5, 5.41) is 0.0446. The van der Waals surface area contributed by atoms with Crippen LogP contribution in [0.1, 0.15) is 51.4 Å². The van der Waals surface area contributed by atoms with Crippen molar-refractivity contribution in [3.8, 4) is 0 Å². The van der Waals surface area contributed by atoms with Gasteiger partial charge in [-0.05, 0) is 42.3 Å². The van der Waals surface area contributed by atoms with Gasteiger partial charge in [-0.25, -0.2) is 4.39 Å². The Morgan fingerprint density at radius 1 is 0.950 bits per heavy atom. The van der Waals surface area contributed by atoms with Crippen molar-refractivity contribution in [2.24, 2.45) is 5.73 Å². The molecular formula is C23H15Cl3F10N2O2. The van der Waals surface area contributed by atoms with Crippen LogP contribution in [0.4, 0.5) is 43.9 Å². The number of alkyl halides is 9. The Kier molecular flexibility index (Phi) is 10.1. The van der Waals surface area contributed by atoms with Crippen molar-refractivity contribution < 1.29 is 53.5 Å². The molecule has 0 aliphatic heterocycles. The third-order valence-electron chi connectivity index (χ3n) is 5.37. The summed E-state index contributed by atoms with van der Waals surface area (Å²) in [4.78, 5) is 24.1. The molecule has 0 aliphatic carbocycles. The molecule has 4 nitrogen and oxygen atoms in total. The Labute approximate surface area is 234 Å².